The second kappa shape index (κ2) is 8.99. The van der Waals surface area contributed by atoms with Crippen molar-refractivity contribution in [2.75, 3.05) is 0 Å². The van der Waals surface area contributed by atoms with Gasteiger partial charge < -0.3 is 20.2 Å². The van der Waals surface area contributed by atoms with Crippen LogP contribution in [0.2, 0.25) is 20.1 Å². The molecule has 0 aliphatic carbocycles. The van der Waals surface area contributed by atoms with Crippen LogP contribution in [-0.2, 0) is 9.59 Å². The van der Waals surface area contributed by atoms with Gasteiger partial charge in [-0.25, -0.2) is 0 Å². The zero-order valence-electron chi connectivity index (χ0n) is 16.0. The van der Waals surface area contributed by atoms with Crippen molar-refractivity contribution in [2.45, 2.75) is 6.42 Å². The number of halogens is 4. The Morgan fingerprint density at radius 1 is 0.727 bits per heavy atom. The molecular weight excluding hydrogens is 518 g/mol. The summed E-state index contributed by atoms with van der Waals surface area (Å²) in [7, 11) is 0. The zero-order valence-corrected chi connectivity index (χ0v) is 19.1. The van der Waals surface area contributed by atoms with E-state index >= 15 is 0 Å². The van der Waals surface area contributed by atoms with Crippen LogP contribution in [0.5, 0.6) is 11.8 Å². The largest absolute Gasteiger partial charge is 0.493 e. The van der Waals surface area contributed by atoms with E-state index < -0.39 is 18.2 Å². The van der Waals surface area contributed by atoms with Gasteiger partial charge in [-0.15, -0.1) is 20.5 Å². The molecule has 4 rings (SSSR count). The van der Waals surface area contributed by atoms with Gasteiger partial charge in [0, 0.05) is 20.8 Å². The molecule has 0 saturated heterocycles. The molecule has 4 N–H and O–H groups in total. The third kappa shape index (κ3) is 4.64. The number of azo groups is 2. The number of aromatic nitrogens is 2. The summed E-state index contributed by atoms with van der Waals surface area (Å²) in [4.78, 5) is 29.3. The SMILES string of the molecule is O=C(CC(=O)N=Nc1c(O)[nH]c2c(Cl)cc(Cl)cc12)N=Nc1c(O)[nH]c2c(Cl)cc(Cl)cc12. The normalized spacial score (nSPS) is 12.0. The van der Waals surface area contributed by atoms with Gasteiger partial charge in [-0.05, 0) is 24.3 Å². The number of amides is 2. The van der Waals surface area contributed by atoms with Crippen LogP contribution in [0, 0.1) is 0 Å². The maximum Gasteiger partial charge on any atom is 0.274 e. The highest BCUT2D eigenvalue weighted by molar-refractivity contribution is 6.39. The molecule has 14 heteroatoms. The lowest BCUT2D eigenvalue weighted by atomic mass is 10.2. The van der Waals surface area contributed by atoms with Gasteiger partial charge in [0.2, 0.25) is 11.8 Å². The van der Waals surface area contributed by atoms with Gasteiger partial charge in [0.25, 0.3) is 11.8 Å². The molecule has 0 bridgehead atoms. The molecule has 0 spiro atoms. The maximum atomic E-state index is 12.0. The van der Waals surface area contributed by atoms with Crippen molar-refractivity contribution >= 4 is 91.4 Å². The van der Waals surface area contributed by atoms with E-state index in [9.17, 15) is 19.8 Å². The average molecular weight is 528 g/mol. The summed E-state index contributed by atoms with van der Waals surface area (Å²) in [5.41, 5.74) is 0.552. The number of nitrogens with one attached hydrogen (secondary N) is 2. The van der Waals surface area contributed by atoms with E-state index in [0.717, 1.165) is 0 Å². The third-order valence-corrected chi connectivity index (χ3v) is 5.41. The number of rotatable bonds is 4. The standard InChI is InChI=1S/C19H10Cl4N6O4/c20-6-1-8-14(10(22)3-6)24-18(32)16(8)28-26-12(30)5-13(31)27-29-17-9-2-7(21)4-11(23)15(9)25-19(17)33/h1-4,24-25,32-33H,5H2. The first kappa shape index (κ1) is 23.0. The van der Waals surface area contributed by atoms with Gasteiger partial charge in [-0.1, -0.05) is 46.4 Å². The van der Waals surface area contributed by atoms with Crippen LogP contribution in [0.3, 0.4) is 0 Å². The van der Waals surface area contributed by atoms with Crippen molar-refractivity contribution in [1.29, 1.82) is 0 Å². The van der Waals surface area contributed by atoms with Crippen LogP contribution < -0.4 is 0 Å². The van der Waals surface area contributed by atoms with Crippen LogP contribution in [0.25, 0.3) is 21.8 Å². The summed E-state index contributed by atoms with van der Waals surface area (Å²) in [6.45, 7) is 0. The molecule has 2 aromatic heterocycles. The van der Waals surface area contributed by atoms with Gasteiger partial charge >= 0.3 is 0 Å². The van der Waals surface area contributed by atoms with Crippen molar-refractivity contribution < 1.29 is 19.8 Å². The van der Waals surface area contributed by atoms with E-state index in [-0.39, 0.29) is 43.2 Å². The molecule has 0 atom stereocenters. The Bertz CT molecular complexity index is 1400. The lowest BCUT2D eigenvalue weighted by Gasteiger charge is -1.96. The molecule has 2 aromatic carbocycles. The monoisotopic (exact) mass is 526 g/mol. The number of carbonyl (C=O) groups excluding carboxylic acids is 2. The van der Waals surface area contributed by atoms with E-state index in [2.05, 4.69) is 30.4 Å². The second-order valence-electron chi connectivity index (χ2n) is 6.63. The number of carbonyl (C=O) groups is 2. The fraction of sp³-hybridized carbons (Fsp3) is 0.0526. The first-order chi connectivity index (χ1) is 15.6. The number of nitrogens with zero attached hydrogens (tertiary/aromatic N) is 4. The molecule has 168 valence electrons. The molecule has 2 heterocycles. The maximum absolute atomic E-state index is 12.0. The summed E-state index contributed by atoms with van der Waals surface area (Å²) >= 11 is 24.0. The fourth-order valence-corrected chi connectivity index (χ4v) is 4.08. The molecule has 0 aliphatic rings. The topological polar surface area (TPSA) is 156 Å². The molecule has 2 amide bonds. The van der Waals surface area contributed by atoms with Crippen LogP contribution in [-0.4, -0.2) is 32.0 Å². The highest BCUT2D eigenvalue weighted by Crippen LogP contribution is 2.41. The molecule has 10 nitrogen and oxygen atoms in total. The molecule has 4 aromatic rings. The van der Waals surface area contributed by atoms with E-state index in [0.29, 0.717) is 21.8 Å². The molecule has 0 aliphatic heterocycles. The smallest absolute Gasteiger partial charge is 0.274 e. The van der Waals surface area contributed by atoms with Crippen molar-refractivity contribution in [3.05, 3.63) is 44.4 Å². The molecule has 0 fully saturated rings. The van der Waals surface area contributed by atoms with E-state index in [4.69, 9.17) is 46.4 Å². The van der Waals surface area contributed by atoms with E-state index in [1.807, 2.05) is 0 Å². The third-order valence-electron chi connectivity index (χ3n) is 4.38. The molecule has 0 unspecified atom stereocenters. The van der Waals surface area contributed by atoms with Crippen molar-refractivity contribution in [3.8, 4) is 11.8 Å². The Kier molecular flexibility index (Phi) is 6.26. The minimum atomic E-state index is -0.949. The number of aromatic hydroxyl groups is 2. The molecular formula is C19H10Cl4N6O4. The van der Waals surface area contributed by atoms with Gasteiger partial charge in [0.05, 0.1) is 21.1 Å². The van der Waals surface area contributed by atoms with Gasteiger partial charge in [0.1, 0.15) is 6.42 Å². The number of fused-ring (bicyclic) bond motifs is 2. The van der Waals surface area contributed by atoms with Crippen molar-refractivity contribution in [1.82, 2.24) is 9.97 Å². The number of aromatic amines is 2. The Morgan fingerprint density at radius 3 is 1.52 bits per heavy atom. The van der Waals surface area contributed by atoms with Gasteiger partial charge in [0.15, 0.2) is 11.4 Å². The summed E-state index contributed by atoms with van der Waals surface area (Å²) in [6.07, 6.45) is -0.762. The minimum Gasteiger partial charge on any atom is -0.493 e. The summed E-state index contributed by atoms with van der Waals surface area (Å²) < 4.78 is 0. The van der Waals surface area contributed by atoms with Crippen LogP contribution in [0.1, 0.15) is 6.42 Å². The zero-order chi connectivity index (χ0) is 23.9. The Morgan fingerprint density at radius 2 is 1.12 bits per heavy atom. The summed E-state index contributed by atoms with van der Waals surface area (Å²) in [5, 5.41) is 36.0. The number of hydrogen-bond donors (Lipinski definition) is 4. The summed E-state index contributed by atoms with van der Waals surface area (Å²) in [5.74, 6) is -2.67. The van der Waals surface area contributed by atoms with Gasteiger partial charge in [-0.2, -0.15) is 0 Å². The fourth-order valence-electron chi connectivity index (χ4n) is 3.00. The Hall–Kier alpha value is -3.18. The quantitative estimate of drug-likeness (QED) is 0.166. The molecule has 0 saturated carbocycles. The Balaban J connectivity index is 1.51. The predicted octanol–water partition coefficient (Wildman–Crippen LogP) is 6.98. The molecule has 33 heavy (non-hydrogen) atoms. The Labute approximate surface area is 203 Å². The van der Waals surface area contributed by atoms with Crippen molar-refractivity contribution in [2.24, 2.45) is 20.5 Å². The lowest BCUT2D eigenvalue weighted by Crippen LogP contribution is -2.01. The van der Waals surface area contributed by atoms with Crippen LogP contribution >= 0.6 is 46.4 Å². The minimum absolute atomic E-state index is 0.0747. The number of benzene rings is 2. The highest BCUT2D eigenvalue weighted by Gasteiger charge is 2.17. The first-order valence-electron chi connectivity index (χ1n) is 8.92. The second-order valence-corrected chi connectivity index (χ2v) is 8.32. The average Bonchev–Trinajstić information content (AvgIpc) is 3.21. The van der Waals surface area contributed by atoms with Crippen LogP contribution in [0.15, 0.2) is 44.7 Å². The molecule has 0 radical (unpaired) electrons. The van der Waals surface area contributed by atoms with Gasteiger partial charge in [-0.3, -0.25) is 9.59 Å². The number of hydrogen-bond acceptors (Lipinski definition) is 6. The summed E-state index contributed by atoms with van der Waals surface area (Å²) in [6, 6.07) is 5.88. The predicted molar refractivity (Wildman–Crippen MR) is 124 cm³/mol. The van der Waals surface area contributed by atoms with E-state index in [1.54, 1.807) is 0 Å². The first-order valence-corrected chi connectivity index (χ1v) is 10.4. The van der Waals surface area contributed by atoms with Crippen molar-refractivity contribution in [3.63, 3.8) is 0 Å². The van der Waals surface area contributed by atoms with E-state index in [1.165, 1.54) is 24.3 Å². The van der Waals surface area contributed by atoms with Crippen LogP contribution in [0.4, 0.5) is 11.4 Å². The number of H-pyrrole nitrogens is 2. The lowest BCUT2D eigenvalue weighted by molar-refractivity contribution is -0.126. The highest BCUT2D eigenvalue weighted by atomic mass is 35.5.